The second-order valence-corrected chi connectivity index (χ2v) is 10.9. The van der Waals surface area contributed by atoms with E-state index in [0.717, 1.165) is 19.3 Å². The zero-order chi connectivity index (χ0) is 27.5. The fourth-order valence-electron chi connectivity index (χ4n) is 4.94. The summed E-state index contributed by atoms with van der Waals surface area (Å²) in [5.74, 6) is -2.10. The van der Waals surface area contributed by atoms with Gasteiger partial charge in [0.15, 0.2) is 0 Å². The van der Waals surface area contributed by atoms with E-state index in [-0.39, 0.29) is 34.6 Å². The summed E-state index contributed by atoms with van der Waals surface area (Å²) < 4.78 is 57.8. The van der Waals surface area contributed by atoms with Gasteiger partial charge in [-0.15, -0.1) is 0 Å². The maximum absolute atomic E-state index is 13.9. The van der Waals surface area contributed by atoms with Crippen LogP contribution in [-0.4, -0.2) is 28.5 Å². The number of hydrogen-bond acceptors (Lipinski definition) is 4. The molecule has 0 aliphatic heterocycles. The van der Waals surface area contributed by atoms with E-state index in [9.17, 15) is 32.3 Å². The van der Waals surface area contributed by atoms with Gasteiger partial charge in [0.05, 0.1) is 5.56 Å². The summed E-state index contributed by atoms with van der Waals surface area (Å²) in [7, 11) is 0. The Morgan fingerprint density at radius 3 is 2.37 bits per heavy atom. The van der Waals surface area contributed by atoms with Crippen LogP contribution in [0, 0.1) is 11.2 Å². The van der Waals surface area contributed by atoms with Crippen molar-refractivity contribution in [2.45, 2.75) is 62.1 Å². The van der Waals surface area contributed by atoms with Crippen LogP contribution < -0.4 is 10.1 Å². The molecule has 10 heteroatoms. The highest BCUT2D eigenvalue weighted by Gasteiger charge is 2.41. The van der Waals surface area contributed by atoms with E-state index in [1.807, 2.05) is 6.92 Å². The fraction of sp³-hybridized carbons (Fsp3) is 0.357. The predicted molar refractivity (Wildman–Crippen MR) is 137 cm³/mol. The number of aliphatic carboxylic acids is 1. The number of thioether (sulfide) groups is 1. The van der Waals surface area contributed by atoms with E-state index >= 15 is 0 Å². The summed E-state index contributed by atoms with van der Waals surface area (Å²) in [5.41, 5.74) is -4.36. The second kappa shape index (κ2) is 11.2. The van der Waals surface area contributed by atoms with Gasteiger partial charge >= 0.3 is 11.5 Å². The molecule has 38 heavy (non-hydrogen) atoms. The number of carboxylic acid groups (broad SMARTS) is 1. The van der Waals surface area contributed by atoms with Crippen molar-refractivity contribution in [2.24, 2.45) is 5.41 Å². The van der Waals surface area contributed by atoms with Gasteiger partial charge in [-0.1, -0.05) is 44.4 Å². The Kier molecular flexibility index (Phi) is 8.20. The molecule has 0 aromatic heterocycles. The summed E-state index contributed by atoms with van der Waals surface area (Å²) in [6.07, 6.45) is 4.13. The highest BCUT2D eigenvalue weighted by molar-refractivity contribution is 8.00. The third kappa shape index (κ3) is 6.59. The van der Waals surface area contributed by atoms with Gasteiger partial charge in [0.25, 0.3) is 5.91 Å². The number of nitrogens with one attached hydrogen (secondary N) is 1. The smallest absolute Gasteiger partial charge is 0.446 e. The highest BCUT2D eigenvalue weighted by Crippen LogP contribution is 2.40. The molecule has 3 aromatic rings. The van der Waals surface area contributed by atoms with E-state index in [4.69, 9.17) is 4.74 Å². The van der Waals surface area contributed by atoms with Crippen molar-refractivity contribution in [1.82, 2.24) is 5.32 Å². The number of rotatable bonds is 8. The average molecular weight is 550 g/mol. The Labute approximate surface area is 221 Å². The van der Waals surface area contributed by atoms with E-state index in [1.165, 1.54) is 48.5 Å². The lowest BCUT2D eigenvalue weighted by Gasteiger charge is -2.38. The van der Waals surface area contributed by atoms with Gasteiger partial charge in [0, 0.05) is 10.3 Å². The van der Waals surface area contributed by atoms with Crippen LogP contribution in [0.3, 0.4) is 0 Å². The number of halogens is 4. The summed E-state index contributed by atoms with van der Waals surface area (Å²) in [5, 5.41) is 13.5. The molecule has 1 fully saturated rings. The van der Waals surface area contributed by atoms with Crippen molar-refractivity contribution < 1.29 is 37.0 Å². The average Bonchev–Trinajstić information content (AvgIpc) is 2.85. The standard InChI is InChI=1S/C28H27F4NO4S/c1-27(13-3-2-4-14-27)24(26(35)36)33-25(34)22-11-7-18-15-19(29)8-12-21(18)23(22)37-16-17-5-9-20(10-6-17)38-28(30,31)32/h5-12,15,24H,2-4,13-14,16H2,1H3,(H,33,34)(H,35,36). The summed E-state index contributed by atoms with van der Waals surface area (Å²) in [6, 6.07) is 11.5. The van der Waals surface area contributed by atoms with E-state index in [0.29, 0.717) is 29.2 Å². The third-order valence-electron chi connectivity index (χ3n) is 6.93. The van der Waals surface area contributed by atoms with Crippen LogP contribution in [0.15, 0.2) is 59.5 Å². The Balaban J connectivity index is 1.62. The number of amides is 1. The van der Waals surface area contributed by atoms with E-state index in [2.05, 4.69) is 5.32 Å². The van der Waals surface area contributed by atoms with Gasteiger partial charge in [0.1, 0.15) is 24.2 Å². The minimum atomic E-state index is -4.40. The zero-order valence-corrected chi connectivity index (χ0v) is 21.4. The number of alkyl halides is 3. The lowest BCUT2D eigenvalue weighted by molar-refractivity contribution is -0.143. The molecule has 0 spiro atoms. The lowest BCUT2D eigenvalue weighted by Crippen LogP contribution is -2.52. The highest BCUT2D eigenvalue weighted by atomic mass is 32.2. The predicted octanol–water partition coefficient (Wildman–Crippen LogP) is 7.32. The van der Waals surface area contributed by atoms with Gasteiger partial charge in [-0.3, -0.25) is 4.79 Å². The van der Waals surface area contributed by atoms with Crippen LogP contribution in [0.5, 0.6) is 5.75 Å². The van der Waals surface area contributed by atoms with Crippen LogP contribution in [0.25, 0.3) is 10.8 Å². The Morgan fingerprint density at radius 2 is 1.74 bits per heavy atom. The third-order valence-corrected chi connectivity index (χ3v) is 7.67. The summed E-state index contributed by atoms with van der Waals surface area (Å²) in [6.45, 7) is 1.79. The normalized spacial score (nSPS) is 16.1. The molecular weight excluding hydrogens is 522 g/mol. The van der Waals surface area contributed by atoms with Gasteiger partial charge in [-0.25, -0.2) is 9.18 Å². The maximum atomic E-state index is 13.9. The number of carboxylic acids is 1. The fourth-order valence-corrected chi connectivity index (χ4v) is 5.48. The van der Waals surface area contributed by atoms with Crippen LogP contribution in [-0.2, 0) is 11.4 Å². The number of carbonyl (C=O) groups is 2. The van der Waals surface area contributed by atoms with Crippen LogP contribution in [0.4, 0.5) is 17.6 Å². The molecule has 3 aromatic carbocycles. The number of ether oxygens (including phenoxy) is 1. The number of fused-ring (bicyclic) bond motifs is 1. The van der Waals surface area contributed by atoms with Crippen molar-refractivity contribution in [3.8, 4) is 5.75 Å². The van der Waals surface area contributed by atoms with Crippen molar-refractivity contribution in [3.05, 3.63) is 71.5 Å². The zero-order valence-electron chi connectivity index (χ0n) is 20.6. The maximum Gasteiger partial charge on any atom is 0.446 e. The molecule has 5 nitrogen and oxygen atoms in total. The molecule has 202 valence electrons. The molecule has 0 heterocycles. The van der Waals surface area contributed by atoms with Crippen LogP contribution >= 0.6 is 11.8 Å². The van der Waals surface area contributed by atoms with Gasteiger partial charge < -0.3 is 15.2 Å². The lowest BCUT2D eigenvalue weighted by atomic mass is 9.70. The molecule has 1 amide bonds. The Bertz CT molecular complexity index is 1320. The number of benzene rings is 3. The van der Waals surface area contributed by atoms with Crippen LogP contribution in [0.2, 0.25) is 0 Å². The first kappa shape index (κ1) is 27.8. The molecule has 1 saturated carbocycles. The Hall–Kier alpha value is -3.27. The molecule has 0 saturated heterocycles. The first-order valence-electron chi connectivity index (χ1n) is 12.2. The molecule has 1 atom stereocenters. The van der Waals surface area contributed by atoms with Gasteiger partial charge in [0.2, 0.25) is 0 Å². The van der Waals surface area contributed by atoms with E-state index in [1.54, 1.807) is 6.07 Å². The second-order valence-electron chi connectivity index (χ2n) is 9.75. The first-order valence-corrected chi connectivity index (χ1v) is 13.0. The summed E-state index contributed by atoms with van der Waals surface area (Å²) in [4.78, 5) is 25.6. The number of carbonyl (C=O) groups excluding carboxylic acids is 1. The van der Waals surface area contributed by atoms with Gasteiger partial charge in [-0.05, 0) is 77.4 Å². The largest absolute Gasteiger partial charge is 0.487 e. The SMILES string of the molecule is CC1(C(NC(=O)c2ccc3cc(F)ccc3c2OCc2ccc(SC(F)(F)F)cc2)C(=O)O)CCCCC1. The molecule has 4 rings (SSSR count). The molecule has 0 bridgehead atoms. The van der Waals surface area contributed by atoms with Crippen molar-refractivity contribution >= 4 is 34.4 Å². The first-order chi connectivity index (χ1) is 17.9. The Morgan fingerprint density at radius 1 is 1.05 bits per heavy atom. The van der Waals surface area contributed by atoms with Gasteiger partial charge in [-0.2, -0.15) is 13.2 Å². The monoisotopic (exact) mass is 549 g/mol. The molecule has 2 N–H and O–H groups in total. The van der Waals surface area contributed by atoms with Crippen LogP contribution in [0.1, 0.15) is 54.9 Å². The minimum absolute atomic E-state index is 0.0258. The number of hydrogen-bond donors (Lipinski definition) is 2. The van der Waals surface area contributed by atoms with Crippen molar-refractivity contribution in [3.63, 3.8) is 0 Å². The quantitative estimate of drug-likeness (QED) is 0.227. The summed E-state index contributed by atoms with van der Waals surface area (Å²) >= 11 is -0.225. The topological polar surface area (TPSA) is 75.6 Å². The van der Waals surface area contributed by atoms with E-state index < -0.39 is 34.7 Å². The molecular formula is C28H27F4NO4S. The molecule has 1 unspecified atom stereocenters. The molecule has 1 aliphatic rings. The molecule has 0 radical (unpaired) electrons. The van der Waals surface area contributed by atoms with Crippen molar-refractivity contribution in [2.75, 3.05) is 0 Å². The molecule has 1 aliphatic carbocycles. The van der Waals surface area contributed by atoms with Crippen molar-refractivity contribution in [1.29, 1.82) is 0 Å². The minimum Gasteiger partial charge on any atom is -0.487 e.